The number of hydrazine groups is 1. The quantitative estimate of drug-likeness (QED) is 0.359. The molecule has 0 radical (unpaired) electrons. The third-order valence-corrected chi connectivity index (χ3v) is 3.90. The Kier molecular flexibility index (Phi) is 6.81. The van der Waals surface area contributed by atoms with Gasteiger partial charge >= 0.3 is 0 Å². The van der Waals surface area contributed by atoms with Crippen molar-refractivity contribution in [1.82, 2.24) is 10.9 Å². The van der Waals surface area contributed by atoms with E-state index in [1.807, 2.05) is 12.1 Å². The lowest BCUT2D eigenvalue weighted by molar-refractivity contribution is -0.112. The first kappa shape index (κ1) is 18.8. The third-order valence-electron chi connectivity index (χ3n) is 3.18. The number of carbonyl (C=O) groups is 2. The van der Waals surface area contributed by atoms with Crippen LogP contribution in [0.2, 0.25) is 0 Å². The zero-order chi connectivity index (χ0) is 18.2. The number of methoxy groups -OCH3 is 1. The second kappa shape index (κ2) is 9.07. The average Bonchev–Trinajstić information content (AvgIpc) is 2.61. The van der Waals surface area contributed by atoms with Crippen LogP contribution >= 0.6 is 22.6 Å². The van der Waals surface area contributed by atoms with Gasteiger partial charge in [-0.2, -0.15) is 0 Å². The van der Waals surface area contributed by atoms with Crippen LogP contribution in [0.15, 0.2) is 60.3 Å². The summed E-state index contributed by atoms with van der Waals surface area (Å²) in [5, 5.41) is 2.73. The number of anilines is 1. The summed E-state index contributed by atoms with van der Waals surface area (Å²) in [5.74, 6) is 0.128. The van der Waals surface area contributed by atoms with E-state index < -0.39 is 0 Å². The summed E-state index contributed by atoms with van der Waals surface area (Å²) in [7, 11) is 1.58. The van der Waals surface area contributed by atoms with Crippen molar-refractivity contribution in [2.75, 3.05) is 12.4 Å². The van der Waals surface area contributed by atoms with Gasteiger partial charge in [-0.1, -0.05) is 0 Å². The fraction of sp³-hybridized carbons (Fsp3) is 0.111. The summed E-state index contributed by atoms with van der Waals surface area (Å²) in [6.07, 6.45) is 1.36. The minimum absolute atomic E-state index is 0.278. The van der Waals surface area contributed by atoms with E-state index in [4.69, 9.17) is 4.74 Å². The van der Waals surface area contributed by atoms with Gasteiger partial charge in [-0.3, -0.25) is 15.0 Å². The van der Waals surface area contributed by atoms with Gasteiger partial charge in [-0.25, -0.2) is 0 Å². The number of carbonyl (C=O) groups excluding carboxylic acids is 2. The van der Waals surface area contributed by atoms with Gasteiger partial charge < -0.3 is 15.5 Å². The van der Waals surface area contributed by atoms with Crippen molar-refractivity contribution in [1.29, 1.82) is 0 Å². The summed E-state index contributed by atoms with van der Waals surface area (Å²) in [6, 6.07) is 14.2. The van der Waals surface area contributed by atoms with Crippen molar-refractivity contribution in [2.45, 2.75) is 6.92 Å². The lowest BCUT2D eigenvalue weighted by Gasteiger charge is -2.09. The lowest BCUT2D eigenvalue weighted by Crippen LogP contribution is -2.36. The molecule has 7 heteroatoms. The van der Waals surface area contributed by atoms with Gasteiger partial charge in [0.15, 0.2) is 0 Å². The molecule has 0 saturated carbocycles. The van der Waals surface area contributed by atoms with Crippen LogP contribution in [-0.2, 0) is 4.79 Å². The van der Waals surface area contributed by atoms with Crippen LogP contribution in [0, 0.1) is 3.57 Å². The second-order valence-corrected chi connectivity index (χ2v) is 6.38. The number of halogens is 1. The van der Waals surface area contributed by atoms with Crippen LogP contribution in [0.3, 0.4) is 0 Å². The first-order chi connectivity index (χ1) is 12.0. The molecule has 2 aromatic rings. The van der Waals surface area contributed by atoms with Gasteiger partial charge in [0, 0.05) is 26.6 Å². The summed E-state index contributed by atoms with van der Waals surface area (Å²) < 4.78 is 6.11. The molecule has 3 N–H and O–H groups in total. The molecule has 130 valence electrons. The number of rotatable bonds is 6. The highest BCUT2D eigenvalue weighted by Crippen LogP contribution is 2.14. The zero-order valence-corrected chi connectivity index (χ0v) is 16.0. The molecule has 0 aliphatic rings. The predicted molar refractivity (Wildman–Crippen MR) is 105 cm³/mol. The zero-order valence-electron chi connectivity index (χ0n) is 13.8. The van der Waals surface area contributed by atoms with E-state index in [0.29, 0.717) is 22.7 Å². The number of hydrogen-bond acceptors (Lipinski definition) is 4. The van der Waals surface area contributed by atoms with E-state index in [1.165, 1.54) is 6.08 Å². The number of ether oxygens (including phenoxy) is 1. The third kappa shape index (κ3) is 6.11. The molecule has 0 unspecified atom stereocenters. The van der Waals surface area contributed by atoms with E-state index in [-0.39, 0.29) is 11.8 Å². The summed E-state index contributed by atoms with van der Waals surface area (Å²) in [5.41, 5.74) is 6.94. The van der Waals surface area contributed by atoms with E-state index in [1.54, 1.807) is 50.4 Å². The maximum atomic E-state index is 12.0. The number of allylic oxidation sites excluding steroid dienone is 1. The Morgan fingerprint density at radius 3 is 2.24 bits per heavy atom. The second-order valence-electron chi connectivity index (χ2n) is 5.13. The topological polar surface area (TPSA) is 79.5 Å². The molecule has 0 saturated heterocycles. The fourth-order valence-electron chi connectivity index (χ4n) is 1.91. The van der Waals surface area contributed by atoms with Crippen molar-refractivity contribution < 1.29 is 14.3 Å². The predicted octanol–water partition coefficient (Wildman–Crippen LogP) is 3.08. The Labute approximate surface area is 159 Å². The molecule has 0 aromatic heterocycles. The number of benzene rings is 2. The highest BCUT2D eigenvalue weighted by molar-refractivity contribution is 14.1. The van der Waals surface area contributed by atoms with Crippen molar-refractivity contribution >= 4 is 40.1 Å². The van der Waals surface area contributed by atoms with Gasteiger partial charge in [-0.15, -0.1) is 0 Å². The Morgan fingerprint density at radius 1 is 1.00 bits per heavy atom. The van der Waals surface area contributed by atoms with Gasteiger partial charge in [-0.05, 0) is 78.0 Å². The minimum atomic E-state index is -0.307. The van der Waals surface area contributed by atoms with Gasteiger partial charge in [0.05, 0.1) is 7.11 Å². The van der Waals surface area contributed by atoms with Gasteiger partial charge in [0.1, 0.15) is 5.75 Å². The molecule has 0 heterocycles. The summed E-state index contributed by atoms with van der Waals surface area (Å²) in [6.45, 7) is 1.68. The van der Waals surface area contributed by atoms with Crippen molar-refractivity contribution in [2.24, 2.45) is 0 Å². The molecule has 25 heavy (non-hydrogen) atoms. The Hall–Kier alpha value is -2.55. The molecule has 0 fully saturated rings. The molecule has 0 spiro atoms. The van der Waals surface area contributed by atoms with Crippen LogP contribution < -0.4 is 20.9 Å². The highest BCUT2D eigenvalue weighted by atomic mass is 127. The summed E-state index contributed by atoms with van der Waals surface area (Å²) in [4.78, 5) is 23.9. The van der Waals surface area contributed by atoms with E-state index in [0.717, 1.165) is 3.57 Å². The maximum absolute atomic E-state index is 12.0. The van der Waals surface area contributed by atoms with Crippen LogP contribution in [0.5, 0.6) is 5.75 Å². The lowest BCUT2D eigenvalue weighted by atomic mass is 10.2. The number of hydrogen-bond donors (Lipinski definition) is 3. The Bertz CT molecular complexity index is 771. The van der Waals surface area contributed by atoms with E-state index in [9.17, 15) is 9.59 Å². The largest absolute Gasteiger partial charge is 0.497 e. The van der Waals surface area contributed by atoms with Crippen LogP contribution in [0.25, 0.3) is 0 Å². The van der Waals surface area contributed by atoms with Crippen LogP contribution in [0.4, 0.5) is 5.69 Å². The average molecular weight is 451 g/mol. The first-order valence-electron chi connectivity index (χ1n) is 7.43. The normalized spacial score (nSPS) is 10.8. The van der Waals surface area contributed by atoms with Crippen LogP contribution in [-0.4, -0.2) is 18.9 Å². The molecular weight excluding hydrogens is 433 g/mol. The maximum Gasteiger partial charge on any atom is 0.269 e. The molecule has 2 aromatic carbocycles. The molecule has 0 atom stereocenters. The molecule has 0 aliphatic heterocycles. The Morgan fingerprint density at radius 2 is 1.64 bits per heavy atom. The number of nitrogens with one attached hydrogen (secondary N) is 3. The molecule has 0 aliphatic carbocycles. The number of amides is 2. The highest BCUT2D eigenvalue weighted by Gasteiger charge is 2.05. The van der Waals surface area contributed by atoms with Gasteiger partial charge in [0.25, 0.3) is 5.91 Å². The van der Waals surface area contributed by atoms with Crippen molar-refractivity contribution in [3.8, 4) is 5.75 Å². The van der Waals surface area contributed by atoms with Crippen molar-refractivity contribution in [3.63, 3.8) is 0 Å². The van der Waals surface area contributed by atoms with Gasteiger partial charge in [0.2, 0.25) is 5.91 Å². The standard InChI is InChI=1S/C18H18IN3O3/c1-12(21-22-18(24)13-3-5-14(19)6-4-13)11-17(23)20-15-7-9-16(25-2)10-8-15/h3-11,21H,1-2H3,(H,20,23)(H,22,24)/b12-11-. The smallest absolute Gasteiger partial charge is 0.269 e. The van der Waals surface area contributed by atoms with Crippen LogP contribution in [0.1, 0.15) is 17.3 Å². The Balaban J connectivity index is 1.86. The molecular formula is C18H18IN3O3. The molecule has 0 bridgehead atoms. The first-order valence-corrected chi connectivity index (χ1v) is 8.51. The molecule has 2 amide bonds. The fourth-order valence-corrected chi connectivity index (χ4v) is 2.27. The van der Waals surface area contributed by atoms with E-state index in [2.05, 4.69) is 38.8 Å². The summed E-state index contributed by atoms with van der Waals surface area (Å²) >= 11 is 2.17. The van der Waals surface area contributed by atoms with E-state index >= 15 is 0 Å². The monoisotopic (exact) mass is 451 g/mol. The molecule has 6 nitrogen and oxygen atoms in total. The minimum Gasteiger partial charge on any atom is -0.497 e. The van der Waals surface area contributed by atoms with Crippen molar-refractivity contribution in [3.05, 3.63) is 69.4 Å². The molecule has 2 rings (SSSR count). The SMILES string of the molecule is COc1ccc(NC(=O)/C=C(/C)NNC(=O)c2ccc(I)cc2)cc1.